The van der Waals surface area contributed by atoms with E-state index in [1.165, 1.54) is 10.9 Å². The van der Waals surface area contributed by atoms with Crippen LogP contribution in [0.25, 0.3) is 21.8 Å². The number of rotatable bonds is 10. The van der Waals surface area contributed by atoms with Crippen LogP contribution < -0.4 is 10.6 Å². The van der Waals surface area contributed by atoms with Crippen LogP contribution in [0, 0.1) is 0 Å². The first kappa shape index (κ1) is 28.6. The minimum Gasteiger partial charge on any atom is -0.361 e. The third-order valence-electron chi connectivity index (χ3n) is 8.58. The van der Waals surface area contributed by atoms with Crippen LogP contribution in [-0.4, -0.2) is 43.2 Å². The van der Waals surface area contributed by atoms with E-state index in [9.17, 15) is 4.79 Å². The van der Waals surface area contributed by atoms with Crippen molar-refractivity contribution in [1.82, 2.24) is 35.4 Å². The van der Waals surface area contributed by atoms with Gasteiger partial charge in [-0.05, 0) is 66.8 Å². The predicted octanol–water partition coefficient (Wildman–Crippen LogP) is 6.53. The molecule has 8 nitrogen and oxygen atoms in total. The molecule has 3 aromatic carbocycles. The number of benzene rings is 3. The maximum atomic E-state index is 13.5. The van der Waals surface area contributed by atoms with E-state index in [2.05, 4.69) is 61.7 Å². The lowest BCUT2D eigenvalue weighted by Crippen LogP contribution is -2.43. The summed E-state index contributed by atoms with van der Waals surface area (Å²) in [6, 6.07) is 21.6. The molecule has 2 unspecified atom stereocenters. The zero-order chi connectivity index (χ0) is 30.0. The molecule has 1 amide bonds. The van der Waals surface area contributed by atoms with Gasteiger partial charge in [-0.15, -0.1) is 10.2 Å². The molecule has 1 aliphatic heterocycles. The molecule has 0 saturated carbocycles. The number of aromatic amines is 2. The summed E-state index contributed by atoms with van der Waals surface area (Å²) < 4.78 is 2.14. The highest BCUT2D eigenvalue weighted by Gasteiger charge is 2.29. The Hall–Kier alpha value is -4.11. The van der Waals surface area contributed by atoms with E-state index >= 15 is 0 Å². The van der Waals surface area contributed by atoms with Gasteiger partial charge in [0, 0.05) is 47.0 Å². The third kappa shape index (κ3) is 5.85. The molecule has 2 atom stereocenters. The molecule has 4 N–H and O–H groups in total. The summed E-state index contributed by atoms with van der Waals surface area (Å²) >= 11 is 12.7. The fraction of sp³-hybridized carbons (Fsp3) is 0.265. The van der Waals surface area contributed by atoms with Gasteiger partial charge in [0.2, 0.25) is 5.91 Å². The fourth-order valence-corrected chi connectivity index (χ4v) is 6.60. The van der Waals surface area contributed by atoms with Gasteiger partial charge >= 0.3 is 0 Å². The van der Waals surface area contributed by atoms with E-state index in [0.29, 0.717) is 35.3 Å². The summed E-state index contributed by atoms with van der Waals surface area (Å²) in [6.07, 6.45) is 7.91. The van der Waals surface area contributed by atoms with Gasteiger partial charge in [0.15, 0.2) is 5.82 Å². The van der Waals surface area contributed by atoms with E-state index in [1.54, 1.807) is 0 Å². The van der Waals surface area contributed by atoms with Crippen molar-refractivity contribution in [2.75, 3.05) is 6.54 Å². The Bertz CT molecular complexity index is 1930. The van der Waals surface area contributed by atoms with Crippen LogP contribution in [0.2, 0.25) is 10.0 Å². The summed E-state index contributed by atoms with van der Waals surface area (Å²) in [6.45, 7) is 1.33. The lowest BCUT2D eigenvalue weighted by Gasteiger charge is -2.22. The topological polar surface area (TPSA) is 103 Å². The molecule has 224 valence electrons. The van der Waals surface area contributed by atoms with Crippen molar-refractivity contribution in [3.63, 3.8) is 0 Å². The number of halogens is 2. The number of nitrogens with zero attached hydrogens (tertiary/aromatic N) is 3. The Morgan fingerprint density at radius 2 is 1.64 bits per heavy atom. The molecule has 1 aliphatic rings. The SMILES string of the molecule is O=C(NC(Cc1c[nH]c2ccccc12)c1nnc(CCc2c[nH]c3ccccc23)n1Cc1ccc(Cl)c(Cl)c1)C1CCCN1. The normalized spacial score (nSPS) is 15.7. The smallest absolute Gasteiger partial charge is 0.237 e. The molecular weight excluding hydrogens is 593 g/mol. The van der Waals surface area contributed by atoms with Gasteiger partial charge in [-0.1, -0.05) is 65.7 Å². The van der Waals surface area contributed by atoms with Crippen LogP contribution in [0.5, 0.6) is 0 Å². The minimum absolute atomic E-state index is 0.0169. The highest BCUT2D eigenvalue weighted by molar-refractivity contribution is 6.42. The molecule has 7 rings (SSSR count). The average molecular weight is 627 g/mol. The number of carbonyl (C=O) groups excluding carboxylic acids is 1. The first-order valence-corrected chi connectivity index (χ1v) is 15.8. The first-order chi connectivity index (χ1) is 21.5. The zero-order valence-electron chi connectivity index (χ0n) is 24.1. The number of carbonyl (C=O) groups is 1. The Kier molecular flexibility index (Phi) is 8.12. The van der Waals surface area contributed by atoms with Crippen molar-refractivity contribution in [2.45, 2.75) is 50.7 Å². The Labute approximate surface area is 265 Å². The summed E-state index contributed by atoms with van der Waals surface area (Å²) in [7, 11) is 0. The number of nitrogens with one attached hydrogen (secondary N) is 4. The third-order valence-corrected chi connectivity index (χ3v) is 9.32. The molecule has 0 bridgehead atoms. The molecule has 10 heteroatoms. The molecular formula is C34H33Cl2N7O. The number of H-pyrrole nitrogens is 2. The van der Waals surface area contributed by atoms with E-state index < -0.39 is 6.04 Å². The summed E-state index contributed by atoms with van der Waals surface area (Å²) in [5, 5.41) is 19.5. The van der Waals surface area contributed by atoms with Crippen molar-refractivity contribution in [3.05, 3.63) is 118 Å². The second-order valence-corrected chi connectivity index (χ2v) is 12.3. The number of para-hydroxylation sites is 2. The molecule has 1 fully saturated rings. The number of hydrogen-bond donors (Lipinski definition) is 4. The lowest BCUT2D eigenvalue weighted by molar-refractivity contribution is -0.123. The van der Waals surface area contributed by atoms with Crippen molar-refractivity contribution in [3.8, 4) is 0 Å². The van der Waals surface area contributed by atoms with Gasteiger partial charge in [0.1, 0.15) is 5.82 Å². The zero-order valence-corrected chi connectivity index (χ0v) is 25.6. The quantitative estimate of drug-likeness (QED) is 0.139. The van der Waals surface area contributed by atoms with E-state index in [0.717, 1.165) is 59.2 Å². The van der Waals surface area contributed by atoms with Crippen LogP contribution >= 0.6 is 23.2 Å². The Morgan fingerprint density at radius 3 is 2.36 bits per heavy atom. The monoisotopic (exact) mass is 625 g/mol. The largest absolute Gasteiger partial charge is 0.361 e. The number of aryl methyl sites for hydroxylation is 2. The molecule has 3 aromatic heterocycles. The molecule has 1 saturated heterocycles. The van der Waals surface area contributed by atoms with E-state index in [-0.39, 0.29) is 11.9 Å². The Balaban J connectivity index is 1.26. The van der Waals surface area contributed by atoms with Crippen LogP contribution in [-0.2, 0) is 30.6 Å². The van der Waals surface area contributed by atoms with Gasteiger partial charge in [-0.2, -0.15) is 0 Å². The average Bonchev–Trinajstić information content (AvgIpc) is 3.85. The standard InChI is InChI=1S/C34H33Cl2N7O/c35-26-13-11-21(16-27(26)36)20-43-32(14-12-22-18-38-28-8-3-1-6-24(22)28)41-42-33(43)31(40-34(44)30-10-5-15-37-30)17-23-19-39-29-9-4-2-7-25(23)29/h1-4,6-9,11,13,16,18-19,30-31,37-39H,5,10,12,14-15,17,20H2,(H,40,44). The van der Waals surface area contributed by atoms with Gasteiger partial charge in [0.05, 0.1) is 28.7 Å². The number of fused-ring (bicyclic) bond motifs is 2. The first-order valence-electron chi connectivity index (χ1n) is 15.0. The van der Waals surface area contributed by atoms with Crippen LogP contribution in [0.4, 0.5) is 0 Å². The summed E-state index contributed by atoms with van der Waals surface area (Å²) in [5.41, 5.74) is 5.48. The van der Waals surface area contributed by atoms with E-state index in [4.69, 9.17) is 33.4 Å². The van der Waals surface area contributed by atoms with Crippen LogP contribution in [0.3, 0.4) is 0 Å². The summed E-state index contributed by atoms with van der Waals surface area (Å²) in [4.78, 5) is 20.3. The van der Waals surface area contributed by atoms with Gasteiger partial charge < -0.3 is 25.2 Å². The highest BCUT2D eigenvalue weighted by atomic mass is 35.5. The minimum atomic E-state index is -0.402. The molecule has 4 heterocycles. The van der Waals surface area contributed by atoms with Gasteiger partial charge in [-0.3, -0.25) is 4.79 Å². The Morgan fingerprint density at radius 1 is 0.909 bits per heavy atom. The highest BCUT2D eigenvalue weighted by Crippen LogP contribution is 2.28. The maximum Gasteiger partial charge on any atom is 0.237 e. The summed E-state index contributed by atoms with van der Waals surface area (Å²) in [5.74, 6) is 1.53. The van der Waals surface area contributed by atoms with Gasteiger partial charge in [-0.25, -0.2) is 0 Å². The van der Waals surface area contributed by atoms with Crippen molar-refractivity contribution < 1.29 is 4.79 Å². The fourth-order valence-electron chi connectivity index (χ4n) is 6.28. The molecule has 44 heavy (non-hydrogen) atoms. The molecule has 6 aromatic rings. The lowest BCUT2D eigenvalue weighted by atomic mass is 10.0. The second-order valence-electron chi connectivity index (χ2n) is 11.4. The van der Waals surface area contributed by atoms with Gasteiger partial charge in [0.25, 0.3) is 0 Å². The number of hydrogen-bond acceptors (Lipinski definition) is 4. The number of amides is 1. The van der Waals surface area contributed by atoms with Crippen molar-refractivity contribution in [2.24, 2.45) is 0 Å². The molecule has 0 spiro atoms. The molecule has 0 aliphatic carbocycles. The molecule has 0 radical (unpaired) electrons. The maximum absolute atomic E-state index is 13.5. The van der Waals surface area contributed by atoms with E-state index in [1.807, 2.05) is 42.6 Å². The van der Waals surface area contributed by atoms with Crippen molar-refractivity contribution in [1.29, 1.82) is 0 Å². The van der Waals surface area contributed by atoms with Crippen LogP contribution in [0.15, 0.2) is 79.1 Å². The van der Waals surface area contributed by atoms with Crippen molar-refractivity contribution >= 4 is 50.9 Å². The predicted molar refractivity (Wildman–Crippen MR) is 175 cm³/mol. The number of aromatic nitrogens is 5. The second kappa shape index (κ2) is 12.5. The van der Waals surface area contributed by atoms with Crippen LogP contribution in [0.1, 0.15) is 47.2 Å².